The minimum Gasteiger partial charge on any atom is -0.508 e. The maximum absolute atomic E-state index is 15.8. The number of hydrogen-bond acceptors (Lipinski definition) is 7. The van der Waals surface area contributed by atoms with E-state index < -0.39 is 5.82 Å². The van der Waals surface area contributed by atoms with Crippen LogP contribution in [-0.4, -0.2) is 62.7 Å². The second-order valence-corrected chi connectivity index (χ2v) is 9.22. The van der Waals surface area contributed by atoms with Crippen molar-refractivity contribution in [1.29, 1.82) is 0 Å². The second-order valence-electron chi connectivity index (χ2n) is 8.06. The maximum atomic E-state index is 15.8. The van der Waals surface area contributed by atoms with Crippen molar-refractivity contribution in [3.8, 4) is 16.9 Å². The van der Waals surface area contributed by atoms with Crippen molar-refractivity contribution in [1.82, 2.24) is 19.1 Å². The van der Waals surface area contributed by atoms with Gasteiger partial charge in [-0.15, -0.1) is 0 Å². The van der Waals surface area contributed by atoms with Crippen LogP contribution in [-0.2, 0) is 11.8 Å². The molecule has 1 aliphatic heterocycles. The van der Waals surface area contributed by atoms with Gasteiger partial charge in [0.05, 0.1) is 23.3 Å². The van der Waals surface area contributed by atoms with Gasteiger partial charge in [0.25, 0.3) is 0 Å². The molecule has 2 aromatic heterocycles. The SMILES string of the molecule is C=CC(=O)CN1CCN(c2snc3c(F)c(-c4cc(O)cc5cnn(C)c45)c(Cl)cc23)CC1. The molecule has 0 spiro atoms. The van der Waals surface area contributed by atoms with Crippen molar-refractivity contribution < 1.29 is 14.3 Å². The number of rotatable bonds is 5. The Bertz CT molecular complexity index is 1410. The van der Waals surface area contributed by atoms with Crippen LogP contribution >= 0.6 is 23.1 Å². The molecule has 0 aliphatic carbocycles. The van der Waals surface area contributed by atoms with Crippen LogP contribution in [0, 0.1) is 5.82 Å². The largest absolute Gasteiger partial charge is 0.508 e. The highest BCUT2D eigenvalue weighted by Crippen LogP contribution is 2.43. The Hall–Kier alpha value is -3.01. The molecular weight excluding hydrogens is 465 g/mol. The fourth-order valence-corrected chi connectivity index (χ4v) is 5.57. The van der Waals surface area contributed by atoms with Gasteiger partial charge in [0.2, 0.25) is 0 Å². The highest BCUT2D eigenvalue weighted by molar-refractivity contribution is 7.11. The Kier molecular flexibility index (Phi) is 5.55. The van der Waals surface area contributed by atoms with Crippen LogP contribution in [0.25, 0.3) is 32.9 Å². The number of benzene rings is 2. The minimum atomic E-state index is -0.525. The van der Waals surface area contributed by atoms with Gasteiger partial charge in [0, 0.05) is 55.1 Å². The number of phenols is 1. The van der Waals surface area contributed by atoms with Crippen molar-refractivity contribution in [2.45, 2.75) is 0 Å². The molecule has 170 valence electrons. The summed E-state index contributed by atoms with van der Waals surface area (Å²) in [4.78, 5) is 15.9. The number of halogens is 2. The zero-order valence-corrected chi connectivity index (χ0v) is 19.5. The number of aromatic hydroxyl groups is 1. The van der Waals surface area contributed by atoms with Crippen LogP contribution in [0.15, 0.2) is 37.1 Å². The van der Waals surface area contributed by atoms with Gasteiger partial charge in [-0.3, -0.25) is 14.4 Å². The number of ketones is 1. The van der Waals surface area contributed by atoms with Gasteiger partial charge in [0.15, 0.2) is 11.6 Å². The third-order valence-corrected chi connectivity index (χ3v) is 7.22. The molecule has 4 aromatic rings. The Morgan fingerprint density at radius 3 is 2.79 bits per heavy atom. The zero-order chi connectivity index (χ0) is 23.3. The monoisotopic (exact) mass is 485 g/mol. The summed E-state index contributed by atoms with van der Waals surface area (Å²) in [5.41, 5.74) is 1.58. The third kappa shape index (κ3) is 3.76. The molecule has 1 N–H and O–H groups in total. The van der Waals surface area contributed by atoms with Crippen LogP contribution < -0.4 is 4.90 Å². The molecule has 2 aromatic carbocycles. The van der Waals surface area contributed by atoms with E-state index in [0.717, 1.165) is 18.1 Å². The molecule has 0 unspecified atom stereocenters. The molecule has 0 radical (unpaired) electrons. The van der Waals surface area contributed by atoms with Crippen molar-refractivity contribution in [3.63, 3.8) is 0 Å². The Labute approximate surface area is 198 Å². The number of aromatic nitrogens is 3. The van der Waals surface area contributed by atoms with Crippen LogP contribution in [0.3, 0.4) is 0 Å². The van der Waals surface area contributed by atoms with E-state index >= 15 is 4.39 Å². The van der Waals surface area contributed by atoms with E-state index in [0.29, 0.717) is 41.5 Å². The molecule has 7 nitrogen and oxygen atoms in total. The summed E-state index contributed by atoms with van der Waals surface area (Å²) in [5.74, 6) is -0.515. The van der Waals surface area contributed by atoms with E-state index in [9.17, 15) is 9.90 Å². The predicted octanol–water partition coefficient (Wildman–Crippen LogP) is 4.23. The predicted molar refractivity (Wildman–Crippen MR) is 130 cm³/mol. The number of fused-ring (bicyclic) bond motifs is 2. The second kappa shape index (κ2) is 8.40. The number of aryl methyl sites for hydroxylation is 1. The summed E-state index contributed by atoms with van der Waals surface area (Å²) in [6.45, 7) is 6.72. The lowest BCUT2D eigenvalue weighted by atomic mass is 10.00. The molecule has 10 heteroatoms. The normalized spacial score (nSPS) is 14.9. The molecule has 1 aliphatic rings. The highest BCUT2D eigenvalue weighted by atomic mass is 35.5. The van der Waals surface area contributed by atoms with Crippen LogP contribution in [0.4, 0.5) is 9.39 Å². The van der Waals surface area contributed by atoms with Gasteiger partial charge >= 0.3 is 0 Å². The summed E-state index contributed by atoms with van der Waals surface area (Å²) in [6, 6.07) is 4.82. The fourth-order valence-electron chi connectivity index (χ4n) is 4.37. The van der Waals surface area contributed by atoms with Crippen molar-refractivity contribution in [3.05, 3.63) is 47.9 Å². The van der Waals surface area contributed by atoms with Crippen molar-refractivity contribution in [2.75, 3.05) is 37.6 Å². The maximum Gasteiger partial charge on any atom is 0.169 e. The Morgan fingerprint density at radius 1 is 1.30 bits per heavy atom. The van der Waals surface area contributed by atoms with Crippen molar-refractivity contribution >= 4 is 55.7 Å². The van der Waals surface area contributed by atoms with E-state index in [1.165, 1.54) is 23.7 Å². The summed E-state index contributed by atoms with van der Waals surface area (Å²) in [5, 5.41) is 16.9. The average Bonchev–Trinajstić information content (AvgIpc) is 3.38. The molecule has 0 atom stereocenters. The third-order valence-electron chi connectivity index (χ3n) is 6.00. The number of anilines is 1. The van der Waals surface area contributed by atoms with Gasteiger partial charge in [-0.2, -0.15) is 9.47 Å². The van der Waals surface area contributed by atoms with Crippen LogP contribution in [0.5, 0.6) is 5.75 Å². The van der Waals surface area contributed by atoms with E-state index in [1.54, 1.807) is 30.1 Å². The molecule has 3 heterocycles. The number of phenolic OH excluding ortho intramolecular Hbond substituents is 1. The standard InChI is InChI=1S/C23H21ClFN5O2S/c1-3-14(31)12-29-4-6-30(7-5-29)23-17-10-18(24)19(20(25)21(17)27-33-23)16-9-15(32)8-13-11-26-28(2)22(13)16/h3,8-11,32H,1,4-7,12H2,2H3. The van der Waals surface area contributed by atoms with E-state index in [4.69, 9.17) is 11.6 Å². The number of nitrogens with zero attached hydrogens (tertiary/aromatic N) is 5. The fraction of sp³-hybridized carbons (Fsp3) is 0.261. The molecular formula is C23H21ClFN5O2S. The molecule has 33 heavy (non-hydrogen) atoms. The number of carbonyl (C=O) groups is 1. The van der Waals surface area contributed by atoms with Gasteiger partial charge in [-0.05, 0) is 35.8 Å². The quantitative estimate of drug-likeness (QED) is 0.426. The van der Waals surface area contributed by atoms with Gasteiger partial charge in [-0.25, -0.2) is 4.39 Å². The van der Waals surface area contributed by atoms with E-state index in [2.05, 4.69) is 25.9 Å². The summed E-state index contributed by atoms with van der Waals surface area (Å²) < 4.78 is 21.9. The summed E-state index contributed by atoms with van der Waals surface area (Å²) in [6.07, 6.45) is 2.96. The summed E-state index contributed by atoms with van der Waals surface area (Å²) >= 11 is 7.87. The first kappa shape index (κ1) is 21.8. The lowest BCUT2D eigenvalue weighted by Crippen LogP contribution is -2.47. The number of hydrogen-bond donors (Lipinski definition) is 1. The lowest BCUT2D eigenvalue weighted by molar-refractivity contribution is -0.115. The van der Waals surface area contributed by atoms with Gasteiger partial charge < -0.3 is 10.0 Å². The van der Waals surface area contributed by atoms with Gasteiger partial charge in [-0.1, -0.05) is 18.2 Å². The molecule has 5 rings (SSSR count). The molecule has 0 amide bonds. The first-order valence-corrected chi connectivity index (χ1v) is 11.6. The Morgan fingerprint density at radius 2 is 2.06 bits per heavy atom. The average molecular weight is 486 g/mol. The summed E-state index contributed by atoms with van der Waals surface area (Å²) in [7, 11) is 1.76. The molecule has 0 saturated carbocycles. The minimum absolute atomic E-state index is 0.00236. The lowest BCUT2D eigenvalue weighted by Gasteiger charge is -2.34. The van der Waals surface area contributed by atoms with Crippen LogP contribution in [0.2, 0.25) is 5.02 Å². The molecule has 0 bridgehead atoms. The topological polar surface area (TPSA) is 74.5 Å². The smallest absolute Gasteiger partial charge is 0.169 e. The number of carbonyl (C=O) groups excluding carboxylic acids is 1. The van der Waals surface area contributed by atoms with E-state index in [1.807, 2.05) is 0 Å². The first-order valence-electron chi connectivity index (χ1n) is 10.4. The van der Waals surface area contributed by atoms with Gasteiger partial charge in [0.1, 0.15) is 16.3 Å². The number of piperazine rings is 1. The Balaban J connectivity index is 1.53. The van der Waals surface area contributed by atoms with Crippen LogP contribution in [0.1, 0.15) is 0 Å². The first-order chi connectivity index (χ1) is 15.9. The molecule has 1 fully saturated rings. The van der Waals surface area contributed by atoms with Crippen molar-refractivity contribution in [2.24, 2.45) is 7.05 Å². The zero-order valence-electron chi connectivity index (χ0n) is 17.9. The van der Waals surface area contributed by atoms with E-state index in [-0.39, 0.29) is 27.6 Å². The molecule has 1 saturated heterocycles. The highest BCUT2D eigenvalue weighted by Gasteiger charge is 2.26.